The molecule has 0 saturated carbocycles. The van der Waals surface area contributed by atoms with E-state index in [9.17, 15) is 0 Å². The Morgan fingerprint density at radius 3 is 1.00 bits per heavy atom. The fourth-order valence-electron chi connectivity index (χ4n) is 0. The van der Waals surface area contributed by atoms with Crippen LogP contribution < -0.4 is 0 Å². The van der Waals surface area contributed by atoms with Gasteiger partial charge in [0, 0.05) is 0 Å². The summed E-state index contributed by atoms with van der Waals surface area (Å²) in [7, 11) is -2.62. The molecule has 7 heavy (non-hydrogen) atoms. The Morgan fingerprint density at radius 2 is 1.00 bits per heavy atom. The molecule has 0 aliphatic rings. The van der Waals surface area contributed by atoms with Crippen molar-refractivity contribution in [2.24, 2.45) is 0 Å². The first-order chi connectivity index (χ1) is 1.73. The standard InChI is InChI=1S/Al.Ca.H3O3P.H2O.5H/c;;1-4(2)3;;;;;;/h;;1-3H;1H2;;;;;. The van der Waals surface area contributed by atoms with Gasteiger partial charge in [-0.15, -0.1) is 0 Å². The van der Waals surface area contributed by atoms with Crippen LogP contribution in [0.25, 0.3) is 0 Å². The third kappa shape index (κ3) is 69.7. The van der Waals surface area contributed by atoms with Crippen molar-refractivity contribution in [1.82, 2.24) is 0 Å². The van der Waals surface area contributed by atoms with Crippen molar-refractivity contribution < 1.29 is 20.2 Å². The molecule has 0 fully saturated rings. The Kier molecular flexibility index (Phi) is 51.5. The van der Waals surface area contributed by atoms with Gasteiger partial charge < -0.3 is 20.2 Å². The Labute approximate surface area is 83.0 Å². The Morgan fingerprint density at radius 1 is 1.00 bits per heavy atom. The molecule has 0 aromatic rings. The average molecular weight is 172 g/mol. The zero-order chi connectivity index (χ0) is 3.58. The van der Waals surface area contributed by atoms with Gasteiger partial charge in [0.2, 0.25) is 0 Å². The molecule has 0 saturated heterocycles. The molecular formula is H10AlCaO4P. The van der Waals surface area contributed by atoms with E-state index in [0.29, 0.717) is 0 Å². The van der Waals surface area contributed by atoms with Crippen molar-refractivity contribution in [1.29, 1.82) is 0 Å². The Balaban J connectivity index is -0.0000000150. The third-order valence-corrected chi connectivity index (χ3v) is 0. The molecule has 0 bridgehead atoms. The second kappa shape index (κ2) is 15.7. The molecular weight excluding hydrogens is 162 g/mol. The topological polar surface area (TPSA) is 92.2 Å². The average Bonchev–Trinajstić information content (AvgIpc) is 0.811. The van der Waals surface area contributed by atoms with E-state index < -0.39 is 8.60 Å². The molecule has 0 aromatic carbocycles. The van der Waals surface area contributed by atoms with E-state index in [0.717, 1.165) is 0 Å². The van der Waals surface area contributed by atoms with Crippen LogP contribution in [0.5, 0.6) is 0 Å². The van der Waals surface area contributed by atoms with Crippen molar-refractivity contribution in [2.75, 3.05) is 0 Å². The minimum absolute atomic E-state index is 0. The molecule has 0 aliphatic heterocycles. The zero-order valence-corrected chi connectivity index (χ0v) is 3.18. The normalized spacial score (nSPS) is 5.14. The third-order valence-electron chi connectivity index (χ3n) is 0. The molecule has 0 unspecified atom stereocenters. The number of hydrogen-bond donors (Lipinski definition) is 3. The van der Waals surface area contributed by atoms with Crippen molar-refractivity contribution in [3.8, 4) is 0 Å². The summed E-state index contributed by atoms with van der Waals surface area (Å²) >= 11 is 0. The van der Waals surface area contributed by atoms with Crippen LogP contribution in [0.3, 0.4) is 0 Å². The summed E-state index contributed by atoms with van der Waals surface area (Å²) in [4.78, 5) is 21.7. The van der Waals surface area contributed by atoms with Gasteiger partial charge >= 0.3 is 46.3 Å². The first-order valence-corrected chi connectivity index (χ1v) is 1.80. The summed E-state index contributed by atoms with van der Waals surface area (Å²) in [5.41, 5.74) is 0. The molecule has 0 radical (unpaired) electrons. The van der Waals surface area contributed by atoms with E-state index in [-0.39, 0.29) is 60.6 Å². The molecule has 0 aliphatic carbocycles. The summed E-state index contributed by atoms with van der Waals surface area (Å²) in [6, 6.07) is 0. The van der Waals surface area contributed by atoms with Crippen LogP contribution in [0.1, 0.15) is 0 Å². The molecule has 0 amide bonds. The van der Waals surface area contributed by atoms with E-state index in [1.54, 1.807) is 0 Å². The van der Waals surface area contributed by atoms with Crippen molar-refractivity contribution in [2.45, 2.75) is 0 Å². The molecule has 7 heteroatoms. The van der Waals surface area contributed by atoms with Gasteiger partial charge in [-0.2, -0.15) is 0 Å². The molecule has 44 valence electrons. The van der Waals surface area contributed by atoms with Gasteiger partial charge in [0.25, 0.3) is 0 Å². The Bertz CT molecular complexity index is 16.4. The van der Waals surface area contributed by atoms with Crippen LogP contribution in [0.15, 0.2) is 0 Å². The molecule has 4 nitrogen and oxygen atoms in total. The summed E-state index contributed by atoms with van der Waals surface area (Å²) in [6.07, 6.45) is 0. The zero-order valence-electron chi connectivity index (χ0n) is 2.29. The van der Waals surface area contributed by atoms with Gasteiger partial charge in [0.15, 0.2) is 17.4 Å². The van der Waals surface area contributed by atoms with Gasteiger partial charge in [-0.3, -0.25) is 0 Å². The summed E-state index contributed by atoms with van der Waals surface area (Å²) in [6.45, 7) is 0. The molecule has 0 rings (SSSR count). The van der Waals surface area contributed by atoms with Crippen molar-refractivity contribution >= 4 is 63.7 Å². The second-order valence-corrected chi connectivity index (χ2v) is 0.805. The molecule has 0 spiro atoms. The molecule has 5 N–H and O–H groups in total. The molecule has 0 atom stereocenters. The molecule has 0 aromatic heterocycles. The molecule has 0 heterocycles. The van der Waals surface area contributed by atoms with E-state index >= 15 is 0 Å². The van der Waals surface area contributed by atoms with Crippen LogP contribution in [-0.4, -0.2) is 75.3 Å². The SMILES string of the molecule is O.OP(O)O.[AlH3].[CaH2]. The summed E-state index contributed by atoms with van der Waals surface area (Å²) in [5, 5.41) is 0. The van der Waals surface area contributed by atoms with Gasteiger partial charge in [-0.1, -0.05) is 0 Å². The van der Waals surface area contributed by atoms with Crippen molar-refractivity contribution in [3.63, 3.8) is 0 Å². The number of rotatable bonds is 0. The fourth-order valence-corrected chi connectivity index (χ4v) is 0. The first kappa shape index (κ1) is 23.0. The quantitative estimate of drug-likeness (QED) is 0.259. The monoisotopic (exact) mass is 172 g/mol. The van der Waals surface area contributed by atoms with Crippen LogP contribution in [0.2, 0.25) is 0 Å². The number of hydrogen-bond acceptors (Lipinski definition) is 3. The van der Waals surface area contributed by atoms with E-state index in [4.69, 9.17) is 14.7 Å². The van der Waals surface area contributed by atoms with Gasteiger partial charge in [0.1, 0.15) is 0 Å². The maximum absolute atomic E-state index is 7.23. The van der Waals surface area contributed by atoms with Crippen LogP contribution in [-0.2, 0) is 0 Å². The van der Waals surface area contributed by atoms with E-state index in [1.165, 1.54) is 0 Å². The summed E-state index contributed by atoms with van der Waals surface area (Å²) < 4.78 is 0. The maximum atomic E-state index is 7.23. The van der Waals surface area contributed by atoms with Gasteiger partial charge in [0.05, 0.1) is 0 Å². The van der Waals surface area contributed by atoms with Crippen LogP contribution in [0, 0.1) is 0 Å². The predicted octanol–water partition coefficient (Wildman–Crippen LogP) is -3.73. The summed E-state index contributed by atoms with van der Waals surface area (Å²) in [5.74, 6) is 0. The van der Waals surface area contributed by atoms with E-state index in [2.05, 4.69) is 0 Å². The first-order valence-electron chi connectivity index (χ1n) is 0.600. The van der Waals surface area contributed by atoms with Crippen molar-refractivity contribution in [3.05, 3.63) is 0 Å². The van der Waals surface area contributed by atoms with Crippen LogP contribution >= 0.6 is 8.60 Å². The predicted molar refractivity (Wildman–Crippen MR) is 35.7 cm³/mol. The van der Waals surface area contributed by atoms with Crippen LogP contribution in [0.4, 0.5) is 0 Å². The Hall–Kier alpha value is 2.06. The fraction of sp³-hybridized carbons (Fsp3) is 0. The minimum atomic E-state index is -2.62. The second-order valence-electron chi connectivity index (χ2n) is 0.268. The van der Waals surface area contributed by atoms with E-state index in [1.807, 2.05) is 0 Å². The van der Waals surface area contributed by atoms with Gasteiger partial charge in [-0.05, 0) is 0 Å². The van der Waals surface area contributed by atoms with Gasteiger partial charge in [-0.25, -0.2) is 0 Å².